The van der Waals surface area contributed by atoms with Crippen molar-refractivity contribution in [3.8, 4) is 0 Å². The molecule has 0 aliphatic carbocycles. The third-order valence-electron chi connectivity index (χ3n) is 4.59. The number of likely N-dealkylation sites (tertiary alicyclic amines) is 1. The maximum atomic E-state index is 12.6. The van der Waals surface area contributed by atoms with Crippen molar-refractivity contribution in [2.45, 2.75) is 45.3 Å². The number of ether oxygens (including phenoxy) is 1. The van der Waals surface area contributed by atoms with Crippen molar-refractivity contribution in [1.82, 2.24) is 9.47 Å². The van der Waals surface area contributed by atoms with Gasteiger partial charge < -0.3 is 19.5 Å². The second-order valence-corrected chi connectivity index (χ2v) is 8.44. The number of nitrogens with one attached hydrogen (secondary N) is 1. The van der Waals surface area contributed by atoms with Crippen LogP contribution in [0, 0.1) is 5.92 Å². The predicted molar refractivity (Wildman–Crippen MR) is 96.6 cm³/mol. The molecule has 2 bridgehead atoms. The summed E-state index contributed by atoms with van der Waals surface area (Å²) in [6.45, 7) is 7.51. The Labute approximate surface area is 150 Å². The predicted octanol–water partition coefficient (Wildman–Crippen LogP) is 3.01. The highest BCUT2D eigenvalue weighted by atomic mass is 79.9. The summed E-state index contributed by atoms with van der Waals surface area (Å²) in [4.78, 5) is 26.8. The van der Waals surface area contributed by atoms with Gasteiger partial charge in [-0.25, -0.2) is 4.79 Å². The normalized spacial score (nSPS) is 22.8. The number of amides is 1. The fourth-order valence-electron chi connectivity index (χ4n) is 3.63. The summed E-state index contributed by atoms with van der Waals surface area (Å²) < 4.78 is 7.94. The summed E-state index contributed by atoms with van der Waals surface area (Å²) in [5.41, 5.74) is 1.29. The average molecular weight is 398 g/mol. The van der Waals surface area contributed by atoms with Gasteiger partial charge in [0.15, 0.2) is 0 Å². The topological polar surface area (TPSA) is 63.6 Å². The summed E-state index contributed by atoms with van der Waals surface area (Å²) in [5.74, 6) is 0.451. The monoisotopic (exact) mass is 397 g/mol. The molecule has 7 heteroatoms. The molecule has 2 unspecified atom stereocenters. The lowest BCUT2D eigenvalue weighted by molar-refractivity contribution is 0.0102. The van der Waals surface area contributed by atoms with Crippen LogP contribution < -0.4 is 10.9 Å². The first-order valence-corrected chi connectivity index (χ1v) is 9.08. The smallest absolute Gasteiger partial charge is 0.410 e. The van der Waals surface area contributed by atoms with Crippen molar-refractivity contribution in [3.63, 3.8) is 0 Å². The van der Waals surface area contributed by atoms with Gasteiger partial charge in [-0.3, -0.25) is 4.79 Å². The van der Waals surface area contributed by atoms with E-state index in [1.165, 1.54) is 0 Å². The molecule has 1 N–H and O–H groups in total. The molecule has 0 spiro atoms. The first kappa shape index (κ1) is 17.3. The zero-order valence-corrected chi connectivity index (χ0v) is 16.1. The van der Waals surface area contributed by atoms with Crippen molar-refractivity contribution in [3.05, 3.63) is 26.6 Å². The molecule has 2 aliphatic heterocycles. The third kappa shape index (κ3) is 3.18. The Balaban J connectivity index is 1.90. The van der Waals surface area contributed by atoms with Gasteiger partial charge in [0.1, 0.15) is 10.1 Å². The molecule has 24 heavy (non-hydrogen) atoms. The van der Waals surface area contributed by atoms with Crippen molar-refractivity contribution < 1.29 is 9.53 Å². The summed E-state index contributed by atoms with van der Waals surface area (Å²) >= 11 is 3.39. The molecular formula is C17H24BrN3O3. The molecule has 6 nitrogen and oxygen atoms in total. The number of fused-ring (bicyclic) bond motifs is 4. The Hall–Kier alpha value is -1.50. The van der Waals surface area contributed by atoms with Crippen LogP contribution >= 0.6 is 15.9 Å². The van der Waals surface area contributed by atoms with Gasteiger partial charge in [0.05, 0.1) is 5.69 Å². The van der Waals surface area contributed by atoms with Crippen LogP contribution in [0.4, 0.5) is 10.5 Å². The van der Waals surface area contributed by atoms with E-state index in [0.717, 1.165) is 17.8 Å². The minimum atomic E-state index is -0.497. The van der Waals surface area contributed by atoms with Crippen molar-refractivity contribution >= 4 is 27.7 Å². The highest BCUT2D eigenvalue weighted by Crippen LogP contribution is 2.37. The molecule has 1 aromatic heterocycles. The largest absolute Gasteiger partial charge is 0.444 e. The molecule has 3 heterocycles. The van der Waals surface area contributed by atoms with E-state index in [9.17, 15) is 9.59 Å². The number of carbonyl (C=O) groups excluding carboxylic acids is 1. The van der Waals surface area contributed by atoms with Crippen LogP contribution in [0.2, 0.25) is 0 Å². The second-order valence-electron chi connectivity index (χ2n) is 7.65. The zero-order valence-electron chi connectivity index (χ0n) is 14.6. The quantitative estimate of drug-likeness (QED) is 0.790. The Kier molecular flexibility index (Phi) is 4.40. The first-order valence-electron chi connectivity index (χ1n) is 8.28. The Morgan fingerprint density at radius 2 is 2.04 bits per heavy atom. The minimum Gasteiger partial charge on any atom is -0.444 e. The highest BCUT2D eigenvalue weighted by Gasteiger charge is 2.38. The number of hydrogen-bond donors (Lipinski definition) is 1. The lowest BCUT2D eigenvalue weighted by Crippen LogP contribution is -2.50. The van der Waals surface area contributed by atoms with Crippen LogP contribution in [-0.2, 0) is 11.3 Å². The standard InChI is InChI=1S/C17H24BrN3O3/c1-17(2,3)24-16(23)20-7-10-5-11(9-20)13-6-12(19-4)14(18)15(22)21(13)8-10/h6,10-11,19H,5,7-9H2,1-4H3. The number of carbonyl (C=O) groups is 1. The summed E-state index contributed by atoms with van der Waals surface area (Å²) in [7, 11) is 1.80. The molecule has 2 aliphatic rings. The Morgan fingerprint density at radius 3 is 2.67 bits per heavy atom. The van der Waals surface area contributed by atoms with Crippen LogP contribution in [0.15, 0.2) is 15.3 Å². The van der Waals surface area contributed by atoms with E-state index >= 15 is 0 Å². The van der Waals surface area contributed by atoms with Gasteiger partial charge in [-0.2, -0.15) is 0 Å². The number of anilines is 1. The molecule has 1 aromatic rings. The van der Waals surface area contributed by atoms with E-state index in [-0.39, 0.29) is 23.5 Å². The first-order chi connectivity index (χ1) is 11.2. The van der Waals surface area contributed by atoms with E-state index in [1.807, 2.05) is 31.4 Å². The molecule has 2 atom stereocenters. The van der Waals surface area contributed by atoms with Crippen LogP contribution in [0.25, 0.3) is 0 Å². The fourth-order valence-corrected chi connectivity index (χ4v) is 4.16. The van der Waals surface area contributed by atoms with E-state index in [1.54, 1.807) is 11.9 Å². The molecule has 1 saturated heterocycles. The van der Waals surface area contributed by atoms with Crippen LogP contribution in [0.5, 0.6) is 0 Å². The van der Waals surface area contributed by atoms with Gasteiger partial charge in [0.2, 0.25) is 0 Å². The van der Waals surface area contributed by atoms with Gasteiger partial charge in [0.25, 0.3) is 5.56 Å². The molecule has 0 aromatic carbocycles. The lowest BCUT2D eigenvalue weighted by Gasteiger charge is -2.43. The number of aromatic nitrogens is 1. The third-order valence-corrected chi connectivity index (χ3v) is 5.36. The van der Waals surface area contributed by atoms with Crippen molar-refractivity contribution in [2.24, 2.45) is 5.92 Å². The van der Waals surface area contributed by atoms with Gasteiger partial charge in [0, 0.05) is 38.3 Å². The SMILES string of the molecule is CNc1cc2n(c(=O)c1Br)CC1CC2CN(C(=O)OC(C)(C)C)C1. The van der Waals surface area contributed by atoms with E-state index in [4.69, 9.17) is 4.74 Å². The maximum Gasteiger partial charge on any atom is 0.410 e. The van der Waals surface area contributed by atoms with Gasteiger partial charge in [-0.05, 0) is 55.1 Å². The number of hydrogen-bond acceptors (Lipinski definition) is 4. The average Bonchev–Trinajstić information content (AvgIpc) is 2.49. The molecule has 132 valence electrons. The summed E-state index contributed by atoms with van der Waals surface area (Å²) in [6, 6.07) is 2.02. The zero-order chi connectivity index (χ0) is 17.6. The van der Waals surface area contributed by atoms with Crippen molar-refractivity contribution in [1.29, 1.82) is 0 Å². The van der Waals surface area contributed by atoms with Gasteiger partial charge in [-0.1, -0.05) is 0 Å². The molecule has 1 amide bonds. The van der Waals surface area contributed by atoms with Gasteiger partial charge in [-0.15, -0.1) is 0 Å². The van der Waals surface area contributed by atoms with Gasteiger partial charge >= 0.3 is 6.09 Å². The molecule has 1 fully saturated rings. The Morgan fingerprint density at radius 1 is 1.33 bits per heavy atom. The van der Waals surface area contributed by atoms with Crippen LogP contribution in [0.3, 0.4) is 0 Å². The number of nitrogens with zero attached hydrogens (tertiary/aromatic N) is 2. The van der Waals surface area contributed by atoms with E-state index in [2.05, 4.69) is 21.2 Å². The Bertz CT molecular complexity index is 723. The van der Waals surface area contributed by atoms with E-state index in [0.29, 0.717) is 24.1 Å². The fraction of sp³-hybridized carbons (Fsp3) is 0.647. The molecule has 0 saturated carbocycles. The molecule has 3 rings (SSSR count). The summed E-state index contributed by atoms with van der Waals surface area (Å²) in [5, 5.41) is 3.06. The minimum absolute atomic E-state index is 0.00253. The lowest BCUT2D eigenvalue weighted by atomic mass is 9.83. The number of halogens is 1. The second kappa shape index (κ2) is 6.10. The molecular weight excluding hydrogens is 374 g/mol. The molecule has 0 radical (unpaired) electrons. The van der Waals surface area contributed by atoms with Crippen LogP contribution in [-0.4, -0.2) is 41.3 Å². The number of rotatable bonds is 1. The summed E-state index contributed by atoms with van der Waals surface area (Å²) in [6.07, 6.45) is 0.739. The maximum absolute atomic E-state index is 12.6. The number of piperidine rings is 1. The van der Waals surface area contributed by atoms with E-state index < -0.39 is 5.60 Å². The van der Waals surface area contributed by atoms with Crippen LogP contribution in [0.1, 0.15) is 38.8 Å². The van der Waals surface area contributed by atoms with Crippen molar-refractivity contribution in [2.75, 3.05) is 25.5 Å². The number of pyridine rings is 1. The highest BCUT2D eigenvalue weighted by molar-refractivity contribution is 9.10.